The van der Waals surface area contributed by atoms with Crippen molar-refractivity contribution in [2.24, 2.45) is 0 Å². The minimum atomic E-state index is -0.733. The maximum Gasteiger partial charge on any atom is 0.332 e. The van der Waals surface area contributed by atoms with E-state index >= 15 is 0 Å². The van der Waals surface area contributed by atoms with E-state index in [1.807, 2.05) is 18.2 Å². The number of rotatable bonds is 4. The summed E-state index contributed by atoms with van der Waals surface area (Å²) in [5.74, 6) is 0.220. The van der Waals surface area contributed by atoms with Gasteiger partial charge in [-0.25, -0.2) is 4.79 Å². The van der Waals surface area contributed by atoms with Gasteiger partial charge in [0.05, 0.1) is 7.11 Å². The highest BCUT2D eigenvalue weighted by atomic mass is 16.5. The van der Waals surface area contributed by atoms with Crippen molar-refractivity contribution in [3.8, 4) is 11.8 Å². The third-order valence-electron chi connectivity index (χ3n) is 2.00. The summed E-state index contributed by atoms with van der Waals surface area (Å²) in [6.45, 7) is 1.51. The van der Waals surface area contributed by atoms with E-state index in [9.17, 15) is 4.79 Å². The van der Waals surface area contributed by atoms with Crippen LogP contribution in [0.1, 0.15) is 12.5 Å². The fourth-order valence-electron chi connectivity index (χ4n) is 1.12. The van der Waals surface area contributed by atoms with E-state index in [4.69, 9.17) is 14.7 Å². The number of nitrogens with zero attached hydrogens (tertiary/aromatic N) is 1. The molecule has 0 radical (unpaired) electrons. The maximum atomic E-state index is 11.2. The minimum Gasteiger partial charge on any atom is -0.497 e. The van der Waals surface area contributed by atoms with Crippen LogP contribution in [0.2, 0.25) is 0 Å². The van der Waals surface area contributed by atoms with E-state index in [2.05, 4.69) is 0 Å². The zero-order valence-corrected chi connectivity index (χ0v) is 9.71. The molecule has 0 aliphatic heterocycles. The summed E-state index contributed by atoms with van der Waals surface area (Å²) in [5.41, 5.74) is 0.854. The fraction of sp³-hybridized carbons (Fsp3) is 0.231. The first kappa shape index (κ1) is 12.8. The standard InChI is InChI=1S/C13H13NO3/c1-10(9-14)17-13(15)8-5-11-3-6-12(16-2)7-4-11/h3-8,10H,1-2H3/b8-5+/t10-/m0/s1. The van der Waals surface area contributed by atoms with Crippen molar-refractivity contribution in [3.63, 3.8) is 0 Å². The number of carbonyl (C=O) groups is 1. The summed E-state index contributed by atoms with van der Waals surface area (Å²) >= 11 is 0. The van der Waals surface area contributed by atoms with Crippen molar-refractivity contribution < 1.29 is 14.3 Å². The Kier molecular flexibility index (Phi) is 4.77. The fourth-order valence-corrected chi connectivity index (χ4v) is 1.12. The number of ether oxygens (including phenoxy) is 2. The van der Waals surface area contributed by atoms with Gasteiger partial charge in [0.25, 0.3) is 0 Å². The molecular weight excluding hydrogens is 218 g/mol. The smallest absolute Gasteiger partial charge is 0.332 e. The molecule has 0 saturated carbocycles. The largest absolute Gasteiger partial charge is 0.497 e. The van der Waals surface area contributed by atoms with Crippen molar-refractivity contribution in [2.75, 3.05) is 7.11 Å². The molecule has 0 heterocycles. The zero-order valence-electron chi connectivity index (χ0n) is 9.71. The van der Waals surface area contributed by atoms with E-state index in [-0.39, 0.29) is 0 Å². The lowest BCUT2D eigenvalue weighted by molar-refractivity contribution is -0.139. The van der Waals surface area contributed by atoms with Crippen LogP contribution in [0.3, 0.4) is 0 Å². The number of hydrogen-bond donors (Lipinski definition) is 0. The van der Waals surface area contributed by atoms with Gasteiger partial charge in [-0.05, 0) is 30.7 Å². The number of esters is 1. The summed E-state index contributed by atoms with van der Waals surface area (Å²) in [7, 11) is 1.59. The molecule has 1 atom stereocenters. The molecule has 0 aromatic heterocycles. The third kappa shape index (κ3) is 4.39. The topological polar surface area (TPSA) is 59.3 Å². The van der Waals surface area contributed by atoms with Crippen LogP contribution in [0.4, 0.5) is 0 Å². The second kappa shape index (κ2) is 6.33. The molecule has 1 aromatic carbocycles. The Hall–Kier alpha value is -2.28. The molecule has 0 saturated heterocycles. The first-order valence-electron chi connectivity index (χ1n) is 5.08. The van der Waals surface area contributed by atoms with Crippen molar-refractivity contribution in [3.05, 3.63) is 35.9 Å². The first-order valence-corrected chi connectivity index (χ1v) is 5.08. The molecule has 0 fully saturated rings. The minimum absolute atomic E-state index is 0.533. The molecule has 1 aromatic rings. The van der Waals surface area contributed by atoms with Crippen LogP contribution in [0.15, 0.2) is 30.3 Å². The Labute approximate surface area is 100 Å². The molecular formula is C13H13NO3. The Morgan fingerprint density at radius 3 is 2.59 bits per heavy atom. The normalized spacial score (nSPS) is 11.8. The average Bonchev–Trinajstić information content (AvgIpc) is 2.36. The van der Waals surface area contributed by atoms with Crippen LogP contribution in [0, 0.1) is 11.3 Å². The van der Waals surface area contributed by atoms with Gasteiger partial charge in [-0.2, -0.15) is 5.26 Å². The van der Waals surface area contributed by atoms with Gasteiger partial charge in [-0.1, -0.05) is 12.1 Å². The lowest BCUT2D eigenvalue weighted by atomic mass is 10.2. The highest BCUT2D eigenvalue weighted by Gasteiger charge is 2.03. The SMILES string of the molecule is COc1ccc(/C=C/C(=O)O[C@@H](C)C#N)cc1. The van der Waals surface area contributed by atoms with Crippen LogP contribution >= 0.6 is 0 Å². The number of nitriles is 1. The van der Waals surface area contributed by atoms with E-state index < -0.39 is 12.1 Å². The quantitative estimate of drug-likeness (QED) is 0.588. The summed E-state index contributed by atoms with van der Waals surface area (Å²) in [6.07, 6.45) is 2.17. The predicted octanol–water partition coefficient (Wildman–Crippen LogP) is 2.16. The Balaban J connectivity index is 2.58. The zero-order chi connectivity index (χ0) is 12.7. The summed E-state index contributed by atoms with van der Waals surface area (Å²) < 4.78 is 9.76. The third-order valence-corrected chi connectivity index (χ3v) is 2.00. The molecule has 1 rings (SSSR count). The van der Waals surface area contributed by atoms with Gasteiger partial charge < -0.3 is 9.47 Å². The van der Waals surface area contributed by atoms with Gasteiger partial charge in [-0.3, -0.25) is 0 Å². The van der Waals surface area contributed by atoms with Crippen molar-refractivity contribution in [2.45, 2.75) is 13.0 Å². The van der Waals surface area contributed by atoms with E-state index in [1.54, 1.807) is 25.3 Å². The Bertz CT molecular complexity index is 443. The number of methoxy groups -OCH3 is 1. The molecule has 0 aliphatic rings. The maximum absolute atomic E-state index is 11.2. The van der Waals surface area contributed by atoms with Gasteiger partial charge in [0.15, 0.2) is 6.10 Å². The molecule has 0 N–H and O–H groups in total. The van der Waals surface area contributed by atoms with Gasteiger partial charge in [0.1, 0.15) is 11.8 Å². The van der Waals surface area contributed by atoms with Crippen LogP contribution in [-0.2, 0) is 9.53 Å². The Morgan fingerprint density at radius 2 is 2.06 bits per heavy atom. The van der Waals surface area contributed by atoms with Gasteiger partial charge in [-0.15, -0.1) is 0 Å². The molecule has 88 valence electrons. The van der Waals surface area contributed by atoms with Gasteiger partial charge >= 0.3 is 5.97 Å². The summed E-state index contributed by atoms with van der Waals surface area (Å²) in [4.78, 5) is 11.2. The highest BCUT2D eigenvalue weighted by molar-refractivity contribution is 5.87. The van der Waals surface area contributed by atoms with Crippen LogP contribution in [-0.4, -0.2) is 19.2 Å². The molecule has 0 spiro atoms. The van der Waals surface area contributed by atoms with E-state index in [1.165, 1.54) is 13.0 Å². The molecule has 4 heteroatoms. The molecule has 0 amide bonds. The molecule has 0 aliphatic carbocycles. The number of carbonyl (C=O) groups excluding carboxylic acids is 1. The molecule has 0 bridgehead atoms. The number of benzene rings is 1. The lowest BCUT2D eigenvalue weighted by Crippen LogP contribution is -2.10. The molecule has 4 nitrogen and oxygen atoms in total. The average molecular weight is 231 g/mol. The van der Waals surface area contributed by atoms with Gasteiger partial charge in [0.2, 0.25) is 0 Å². The summed E-state index contributed by atoms with van der Waals surface area (Å²) in [6, 6.07) is 9.04. The van der Waals surface area contributed by atoms with Crippen LogP contribution in [0.25, 0.3) is 6.08 Å². The Morgan fingerprint density at radius 1 is 1.41 bits per heavy atom. The van der Waals surface area contributed by atoms with Crippen molar-refractivity contribution in [1.82, 2.24) is 0 Å². The molecule has 0 unspecified atom stereocenters. The van der Waals surface area contributed by atoms with Crippen LogP contribution in [0.5, 0.6) is 5.75 Å². The molecule has 17 heavy (non-hydrogen) atoms. The highest BCUT2D eigenvalue weighted by Crippen LogP contribution is 2.12. The first-order chi connectivity index (χ1) is 8.15. The monoisotopic (exact) mass is 231 g/mol. The van der Waals surface area contributed by atoms with Crippen LogP contribution < -0.4 is 4.74 Å². The summed E-state index contributed by atoms with van der Waals surface area (Å²) in [5, 5.41) is 8.46. The van der Waals surface area contributed by atoms with Gasteiger partial charge in [0, 0.05) is 6.08 Å². The van der Waals surface area contributed by atoms with E-state index in [0.29, 0.717) is 0 Å². The van der Waals surface area contributed by atoms with Crippen molar-refractivity contribution >= 4 is 12.0 Å². The second-order valence-electron chi connectivity index (χ2n) is 3.31. The number of hydrogen-bond acceptors (Lipinski definition) is 4. The lowest BCUT2D eigenvalue weighted by Gasteiger charge is -2.02. The second-order valence-corrected chi connectivity index (χ2v) is 3.31. The van der Waals surface area contributed by atoms with E-state index in [0.717, 1.165) is 11.3 Å². The predicted molar refractivity (Wildman–Crippen MR) is 63.2 cm³/mol. The van der Waals surface area contributed by atoms with Crippen molar-refractivity contribution in [1.29, 1.82) is 5.26 Å².